The first kappa shape index (κ1) is 19.8. The van der Waals surface area contributed by atoms with Crippen LogP contribution in [0.3, 0.4) is 0 Å². The lowest BCUT2D eigenvalue weighted by atomic mass is 10.0. The third kappa shape index (κ3) is 3.46. The van der Waals surface area contributed by atoms with Crippen molar-refractivity contribution < 1.29 is 9.53 Å². The molecule has 1 N–H and O–H groups in total. The number of esters is 1. The summed E-state index contributed by atoms with van der Waals surface area (Å²) in [6, 6.07) is 25.5. The molecule has 2 heterocycles. The number of hydrogen-bond acceptors (Lipinski definition) is 6. The maximum atomic E-state index is 12.6. The zero-order chi connectivity index (χ0) is 22.1. The lowest BCUT2D eigenvalue weighted by Crippen LogP contribution is -2.35. The van der Waals surface area contributed by atoms with Gasteiger partial charge in [-0.2, -0.15) is 0 Å². The third-order valence-corrected chi connectivity index (χ3v) is 5.35. The van der Waals surface area contributed by atoms with Gasteiger partial charge in [-0.15, -0.1) is 0 Å². The molecule has 1 aliphatic rings. The minimum atomic E-state index is -0.441. The van der Waals surface area contributed by atoms with Gasteiger partial charge in [-0.05, 0) is 61.2 Å². The fourth-order valence-electron chi connectivity index (χ4n) is 3.86. The minimum absolute atomic E-state index is 0.275. The van der Waals surface area contributed by atoms with Crippen LogP contribution in [0.25, 0.3) is 10.8 Å². The van der Waals surface area contributed by atoms with Gasteiger partial charge in [0.2, 0.25) is 5.96 Å². The molecule has 0 amide bonds. The fourth-order valence-corrected chi connectivity index (χ4v) is 3.86. The number of aryl methyl sites for hydroxylation is 1. The lowest BCUT2D eigenvalue weighted by Gasteiger charge is -2.31. The van der Waals surface area contributed by atoms with Crippen LogP contribution in [-0.2, 0) is 4.74 Å². The highest BCUT2D eigenvalue weighted by Gasteiger charge is 2.28. The summed E-state index contributed by atoms with van der Waals surface area (Å²) in [6.07, 6.45) is 0. The van der Waals surface area contributed by atoms with Crippen molar-refractivity contribution in [3.63, 3.8) is 0 Å². The maximum absolute atomic E-state index is 12.6. The van der Waals surface area contributed by atoms with E-state index in [1.54, 1.807) is 13.0 Å². The number of guanidine groups is 1. The van der Waals surface area contributed by atoms with Crippen molar-refractivity contribution in [1.29, 1.82) is 0 Å². The molecular weight excluding hydrogens is 400 g/mol. The van der Waals surface area contributed by atoms with Gasteiger partial charge < -0.3 is 10.1 Å². The fraction of sp³-hybridized carbons (Fsp3) is 0.115. The van der Waals surface area contributed by atoms with Crippen LogP contribution >= 0.6 is 0 Å². The zero-order valence-corrected chi connectivity index (χ0v) is 17.9. The molecule has 0 bridgehead atoms. The van der Waals surface area contributed by atoms with Gasteiger partial charge in [0.1, 0.15) is 0 Å². The lowest BCUT2D eigenvalue weighted by molar-refractivity contribution is 0.0520. The van der Waals surface area contributed by atoms with Crippen molar-refractivity contribution in [3.05, 3.63) is 90.1 Å². The molecular formula is C26H22N4O2. The van der Waals surface area contributed by atoms with E-state index < -0.39 is 5.97 Å². The Kier molecular flexibility index (Phi) is 5.03. The predicted molar refractivity (Wildman–Crippen MR) is 128 cm³/mol. The Morgan fingerprint density at radius 3 is 2.44 bits per heavy atom. The van der Waals surface area contributed by atoms with Gasteiger partial charge in [0.15, 0.2) is 11.5 Å². The van der Waals surface area contributed by atoms with Crippen molar-refractivity contribution in [3.8, 4) is 0 Å². The number of pyridine rings is 1. The first-order valence-electron chi connectivity index (χ1n) is 10.5. The van der Waals surface area contributed by atoms with Gasteiger partial charge >= 0.3 is 5.97 Å². The Morgan fingerprint density at radius 1 is 1.00 bits per heavy atom. The molecule has 0 unspecified atom stereocenters. The molecule has 158 valence electrons. The summed E-state index contributed by atoms with van der Waals surface area (Å²) in [4.78, 5) is 24.3. The van der Waals surface area contributed by atoms with E-state index in [0.717, 1.165) is 33.4 Å². The number of carbonyl (C=O) groups is 1. The molecule has 0 atom stereocenters. The van der Waals surface area contributed by atoms with Crippen LogP contribution in [0.4, 0.5) is 22.9 Å². The number of hydrogen-bond donors (Lipinski definition) is 1. The van der Waals surface area contributed by atoms with E-state index in [9.17, 15) is 4.79 Å². The molecule has 1 aromatic heterocycles. The van der Waals surface area contributed by atoms with Crippen molar-refractivity contribution >= 4 is 45.6 Å². The predicted octanol–water partition coefficient (Wildman–Crippen LogP) is 5.97. The molecule has 1 aliphatic heterocycles. The summed E-state index contributed by atoms with van der Waals surface area (Å²) in [5.74, 6) is 0.806. The smallest absolute Gasteiger partial charge is 0.357 e. The molecule has 0 fully saturated rings. The zero-order valence-electron chi connectivity index (χ0n) is 17.9. The summed E-state index contributed by atoms with van der Waals surface area (Å²) in [6.45, 7) is 4.10. The Bertz CT molecular complexity index is 1330. The van der Waals surface area contributed by atoms with Crippen molar-refractivity contribution in [2.75, 3.05) is 16.8 Å². The molecule has 0 saturated heterocycles. The van der Waals surface area contributed by atoms with Crippen LogP contribution in [0.5, 0.6) is 0 Å². The van der Waals surface area contributed by atoms with Crippen LogP contribution in [0.2, 0.25) is 0 Å². The maximum Gasteiger partial charge on any atom is 0.357 e. The van der Waals surface area contributed by atoms with E-state index in [1.807, 2.05) is 84.6 Å². The monoisotopic (exact) mass is 422 g/mol. The number of nitrogens with one attached hydrogen (secondary N) is 1. The van der Waals surface area contributed by atoms with Gasteiger partial charge in [0, 0.05) is 5.69 Å². The van der Waals surface area contributed by atoms with E-state index >= 15 is 0 Å². The summed E-state index contributed by atoms with van der Waals surface area (Å²) in [5, 5.41) is 5.25. The molecule has 5 rings (SSSR count). The second-order valence-electron chi connectivity index (χ2n) is 7.47. The second kappa shape index (κ2) is 8.15. The standard InChI is InChI=1S/C26H22N4O2/c1-3-32-25(31)22-16-20-17(2)14-15-21-23(20)24(28-22)30(19-12-8-5-9-13-19)26(29-21)27-18-10-6-4-7-11-18/h4-16H,3H2,1-2H3,(H,27,29). The normalized spacial score (nSPS) is 12.4. The first-order valence-corrected chi connectivity index (χ1v) is 10.5. The molecule has 32 heavy (non-hydrogen) atoms. The van der Waals surface area contributed by atoms with Crippen molar-refractivity contribution in [2.24, 2.45) is 4.99 Å². The number of benzene rings is 3. The van der Waals surface area contributed by atoms with Gasteiger partial charge in [-0.1, -0.05) is 42.5 Å². The van der Waals surface area contributed by atoms with Crippen LogP contribution in [0, 0.1) is 6.92 Å². The summed E-state index contributed by atoms with van der Waals surface area (Å²) < 4.78 is 5.26. The highest BCUT2D eigenvalue weighted by atomic mass is 16.5. The minimum Gasteiger partial charge on any atom is -0.461 e. The largest absolute Gasteiger partial charge is 0.461 e. The number of aromatic nitrogens is 1. The van der Waals surface area contributed by atoms with Crippen LogP contribution in [-0.4, -0.2) is 23.5 Å². The van der Waals surface area contributed by atoms with Gasteiger partial charge in [0.25, 0.3) is 0 Å². The van der Waals surface area contributed by atoms with E-state index in [2.05, 4.69) is 5.32 Å². The van der Waals surface area contributed by atoms with E-state index in [0.29, 0.717) is 11.8 Å². The number of carbonyl (C=O) groups excluding carboxylic acids is 1. The third-order valence-electron chi connectivity index (χ3n) is 5.35. The van der Waals surface area contributed by atoms with Crippen LogP contribution < -0.4 is 10.2 Å². The molecule has 0 radical (unpaired) electrons. The van der Waals surface area contributed by atoms with E-state index in [-0.39, 0.29) is 12.3 Å². The number of aliphatic imine (C=N–C) groups is 1. The molecule has 3 aromatic carbocycles. The number of nitrogens with zero attached hydrogens (tertiary/aromatic N) is 3. The average molecular weight is 422 g/mol. The Balaban J connectivity index is 1.77. The summed E-state index contributed by atoms with van der Waals surface area (Å²) in [5.41, 5.74) is 3.91. The number of rotatable bonds is 4. The number of ether oxygens (including phenoxy) is 1. The first-order chi connectivity index (χ1) is 15.7. The number of para-hydroxylation sites is 2. The van der Waals surface area contributed by atoms with Crippen LogP contribution in [0.15, 0.2) is 83.9 Å². The van der Waals surface area contributed by atoms with Gasteiger partial charge in [-0.3, -0.25) is 4.90 Å². The van der Waals surface area contributed by atoms with Crippen molar-refractivity contribution in [2.45, 2.75) is 13.8 Å². The quantitative estimate of drug-likeness (QED) is 0.410. The summed E-state index contributed by atoms with van der Waals surface area (Å²) in [7, 11) is 0. The number of anilines is 3. The SMILES string of the molecule is CCOC(=O)c1cc2c(C)ccc3c2c(n1)N(c1ccccc1)C(Nc1ccccc1)=N3. The molecule has 0 saturated carbocycles. The average Bonchev–Trinajstić information content (AvgIpc) is 2.82. The molecule has 0 aliphatic carbocycles. The highest BCUT2D eigenvalue weighted by Crippen LogP contribution is 2.42. The van der Waals surface area contributed by atoms with Crippen molar-refractivity contribution in [1.82, 2.24) is 4.98 Å². The summed E-state index contributed by atoms with van der Waals surface area (Å²) >= 11 is 0. The molecule has 6 heteroatoms. The highest BCUT2D eigenvalue weighted by molar-refractivity contribution is 6.21. The Hall–Kier alpha value is -4.19. The van der Waals surface area contributed by atoms with Crippen LogP contribution in [0.1, 0.15) is 23.0 Å². The van der Waals surface area contributed by atoms with E-state index in [4.69, 9.17) is 14.7 Å². The molecule has 0 spiro atoms. The molecule has 6 nitrogen and oxygen atoms in total. The van der Waals surface area contributed by atoms with Gasteiger partial charge in [0.05, 0.1) is 23.4 Å². The molecule has 4 aromatic rings. The second-order valence-corrected chi connectivity index (χ2v) is 7.47. The Morgan fingerprint density at radius 2 is 1.72 bits per heavy atom. The topological polar surface area (TPSA) is 66.8 Å². The Labute approximate surface area is 186 Å². The van der Waals surface area contributed by atoms with Gasteiger partial charge in [-0.25, -0.2) is 14.8 Å². The van der Waals surface area contributed by atoms with E-state index in [1.165, 1.54) is 0 Å².